The number of aromatic carboxylic acids is 1. The third-order valence-electron chi connectivity index (χ3n) is 3.02. The Bertz CT molecular complexity index is 422. The lowest BCUT2D eigenvalue weighted by atomic mass is 10.0. The van der Waals surface area contributed by atoms with E-state index in [1.807, 2.05) is 0 Å². The molecule has 0 amide bonds. The van der Waals surface area contributed by atoms with Gasteiger partial charge >= 0.3 is 5.97 Å². The Labute approximate surface area is 109 Å². The molecule has 2 heterocycles. The summed E-state index contributed by atoms with van der Waals surface area (Å²) in [6, 6.07) is 0. The molecule has 4 nitrogen and oxygen atoms in total. The molecule has 0 aromatic carbocycles. The Morgan fingerprint density at radius 3 is 3.06 bits per heavy atom. The zero-order valence-electron chi connectivity index (χ0n) is 9.65. The molecular formula is C11H15ClN2O2S. The van der Waals surface area contributed by atoms with E-state index in [0.29, 0.717) is 5.92 Å². The molecule has 0 spiro atoms. The molecule has 0 bridgehead atoms. The van der Waals surface area contributed by atoms with Gasteiger partial charge in [-0.25, -0.2) is 9.78 Å². The van der Waals surface area contributed by atoms with Crippen molar-refractivity contribution in [1.29, 1.82) is 0 Å². The average Bonchev–Trinajstić information content (AvgIpc) is 2.85. The van der Waals surface area contributed by atoms with E-state index in [1.165, 1.54) is 24.2 Å². The van der Waals surface area contributed by atoms with Gasteiger partial charge in [-0.05, 0) is 18.8 Å². The minimum atomic E-state index is -0.997. The fraction of sp³-hybridized carbons (Fsp3) is 0.636. The van der Waals surface area contributed by atoms with Crippen LogP contribution in [0.15, 0.2) is 0 Å². The standard InChI is InChI=1S/C11H15ClN2O2S/c1-2-3-7-4-5-14(6-7)11-13-9(12)8(17-11)10(15)16/h7H,2-6H2,1H3,(H,15,16). The van der Waals surface area contributed by atoms with Crippen LogP contribution in [0.2, 0.25) is 5.15 Å². The fourth-order valence-corrected chi connectivity index (χ4v) is 3.37. The van der Waals surface area contributed by atoms with Crippen molar-refractivity contribution in [2.24, 2.45) is 5.92 Å². The van der Waals surface area contributed by atoms with Crippen molar-refractivity contribution in [2.75, 3.05) is 18.0 Å². The second-order valence-corrected chi connectivity index (χ2v) is 5.65. The van der Waals surface area contributed by atoms with Gasteiger partial charge in [0.1, 0.15) is 0 Å². The molecule has 1 saturated heterocycles. The highest BCUT2D eigenvalue weighted by atomic mass is 35.5. The van der Waals surface area contributed by atoms with Gasteiger partial charge in [-0.2, -0.15) is 0 Å². The summed E-state index contributed by atoms with van der Waals surface area (Å²) in [5.41, 5.74) is 0. The molecule has 1 aromatic heterocycles. The van der Waals surface area contributed by atoms with E-state index in [4.69, 9.17) is 16.7 Å². The molecule has 0 saturated carbocycles. The van der Waals surface area contributed by atoms with E-state index in [2.05, 4.69) is 16.8 Å². The molecule has 1 aromatic rings. The first-order valence-corrected chi connectivity index (χ1v) is 6.95. The number of halogens is 1. The van der Waals surface area contributed by atoms with Crippen molar-refractivity contribution in [3.8, 4) is 0 Å². The Kier molecular flexibility index (Phi) is 3.89. The molecule has 1 aliphatic rings. The second-order valence-electron chi connectivity index (χ2n) is 4.31. The van der Waals surface area contributed by atoms with Crippen LogP contribution in [0, 0.1) is 5.92 Å². The lowest BCUT2D eigenvalue weighted by Crippen LogP contribution is -2.19. The Morgan fingerprint density at radius 2 is 2.47 bits per heavy atom. The van der Waals surface area contributed by atoms with Gasteiger partial charge in [0.05, 0.1) is 0 Å². The van der Waals surface area contributed by atoms with E-state index < -0.39 is 5.97 Å². The van der Waals surface area contributed by atoms with Crippen LogP contribution in [0.5, 0.6) is 0 Å². The lowest BCUT2D eigenvalue weighted by molar-refractivity contribution is 0.0702. The highest BCUT2D eigenvalue weighted by Crippen LogP contribution is 2.33. The number of anilines is 1. The number of hydrogen-bond acceptors (Lipinski definition) is 4. The number of carbonyl (C=O) groups is 1. The van der Waals surface area contributed by atoms with Crippen LogP contribution in [-0.4, -0.2) is 29.1 Å². The number of rotatable bonds is 4. The summed E-state index contributed by atoms with van der Waals surface area (Å²) in [5.74, 6) is -0.293. The van der Waals surface area contributed by atoms with Gasteiger partial charge in [0.25, 0.3) is 0 Å². The predicted octanol–water partition coefficient (Wildman–Crippen LogP) is 3.12. The molecule has 1 fully saturated rings. The van der Waals surface area contributed by atoms with Crippen LogP contribution in [0.1, 0.15) is 35.9 Å². The normalized spacial score (nSPS) is 19.9. The summed E-state index contributed by atoms with van der Waals surface area (Å²) in [6.45, 7) is 4.11. The largest absolute Gasteiger partial charge is 0.477 e. The first-order valence-electron chi connectivity index (χ1n) is 5.76. The number of thiazole rings is 1. The zero-order chi connectivity index (χ0) is 12.4. The maximum atomic E-state index is 10.9. The van der Waals surface area contributed by atoms with Crippen LogP contribution >= 0.6 is 22.9 Å². The number of carboxylic acids is 1. The first-order chi connectivity index (χ1) is 8.11. The number of hydrogen-bond donors (Lipinski definition) is 1. The first kappa shape index (κ1) is 12.6. The summed E-state index contributed by atoms with van der Waals surface area (Å²) in [5, 5.41) is 9.77. The van der Waals surface area contributed by atoms with Crippen LogP contribution in [0.25, 0.3) is 0 Å². The van der Waals surface area contributed by atoms with Gasteiger partial charge in [0, 0.05) is 13.1 Å². The van der Waals surface area contributed by atoms with Gasteiger partial charge in [-0.3, -0.25) is 0 Å². The molecule has 1 aliphatic heterocycles. The minimum Gasteiger partial charge on any atom is -0.477 e. The third kappa shape index (κ3) is 2.72. The maximum absolute atomic E-state index is 10.9. The maximum Gasteiger partial charge on any atom is 0.349 e. The van der Waals surface area contributed by atoms with Gasteiger partial charge in [0.2, 0.25) is 0 Å². The van der Waals surface area contributed by atoms with Crippen molar-refractivity contribution in [3.63, 3.8) is 0 Å². The van der Waals surface area contributed by atoms with Crippen molar-refractivity contribution in [3.05, 3.63) is 10.0 Å². The van der Waals surface area contributed by atoms with Crippen molar-refractivity contribution < 1.29 is 9.90 Å². The van der Waals surface area contributed by atoms with Crippen LogP contribution in [-0.2, 0) is 0 Å². The molecule has 2 rings (SSSR count). The van der Waals surface area contributed by atoms with Crippen molar-refractivity contribution >= 4 is 34.0 Å². The van der Waals surface area contributed by atoms with Crippen molar-refractivity contribution in [2.45, 2.75) is 26.2 Å². The number of nitrogens with zero attached hydrogens (tertiary/aromatic N) is 2. The van der Waals surface area contributed by atoms with Crippen LogP contribution in [0.3, 0.4) is 0 Å². The molecule has 1 atom stereocenters. The zero-order valence-corrected chi connectivity index (χ0v) is 11.2. The topological polar surface area (TPSA) is 53.4 Å². The Balaban J connectivity index is 2.09. The second kappa shape index (κ2) is 5.23. The quantitative estimate of drug-likeness (QED) is 0.917. The van der Waals surface area contributed by atoms with Crippen LogP contribution in [0.4, 0.5) is 5.13 Å². The number of carboxylic acid groups (broad SMARTS) is 1. The monoisotopic (exact) mass is 274 g/mol. The van der Waals surface area contributed by atoms with Crippen LogP contribution < -0.4 is 4.90 Å². The summed E-state index contributed by atoms with van der Waals surface area (Å²) in [7, 11) is 0. The third-order valence-corrected chi connectivity index (χ3v) is 4.51. The smallest absolute Gasteiger partial charge is 0.349 e. The highest BCUT2D eigenvalue weighted by Gasteiger charge is 2.26. The van der Waals surface area contributed by atoms with E-state index in [1.54, 1.807) is 0 Å². The minimum absolute atomic E-state index is 0.108. The average molecular weight is 275 g/mol. The molecule has 1 unspecified atom stereocenters. The van der Waals surface area contributed by atoms with Crippen molar-refractivity contribution in [1.82, 2.24) is 4.98 Å². The summed E-state index contributed by atoms with van der Waals surface area (Å²) < 4.78 is 0. The van der Waals surface area contributed by atoms with E-state index >= 15 is 0 Å². The van der Waals surface area contributed by atoms with Gasteiger partial charge in [-0.1, -0.05) is 36.3 Å². The molecule has 6 heteroatoms. The Morgan fingerprint density at radius 1 is 1.71 bits per heavy atom. The van der Waals surface area contributed by atoms with Gasteiger partial charge < -0.3 is 10.0 Å². The van der Waals surface area contributed by atoms with E-state index in [0.717, 1.165) is 24.6 Å². The lowest BCUT2D eigenvalue weighted by Gasteiger charge is -2.14. The predicted molar refractivity (Wildman–Crippen MR) is 69.3 cm³/mol. The number of aromatic nitrogens is 1. The molecule has 94 valence electrons. The molecule has 17 heavy (non-hydrogen) atoms. The summed E-state index contributed by atoms with van der Waals surface area (Å²) >= 11 is 6.98. The van der Waals surface area contributed by atoms with E-state index in [9.17, 15) is 4.79 Å². The molecule has 0 aliphatic carbocycles. The molecule has 1 N–H and O–H groups in total. The summed E-state index contributed by atoms with van der Waals surface area (Å²) in [6.07, 6.45) is 3.58. The van der Waals surface area contributed by atoms with Gasteiger partial charge in [0.15, 0.2) is 15.2 Å². The van der Waals surface area contributed by atoms with E-state index in [-0.39, 0.29) is 10.0 Å². The van der Waals surface area contributed by atoms with Gasteiger partial charge in [-0.15, -0.1) is 0 Å². The summed E-state index contributed by atoms with van der Waals surface area (Å²) in [4.78, 5) is 17.3. The Hall–Kier alpha value is -0.810. The fourth-order valence-electron chi connectivity index (χ4n) is 2.21. The molecule has 0 radical (unpaired) electrons. The highest BCUT2D eigenvalue weighted by molar-refractivity contribution is 7.18. The SMILES string of the molecule is CCCC1CCN(c2nc(Cl)c(C(=O)O)s2)C1. The molecular weight excluding hydrogens is 260 g/mol.